The molecule has 2 amide bonds. The number of unbranched alkanes of at least 4 members (excludes halogenated alkanes) is 34. The summed E-state index contributed by atoms with van der Waals surface area (Å²) in [5, 5.41) is 72.6. The van der Waals surface area contributed by atoms with Gasteiger partial charge in [-0.1, -0.05) is 259 Å². The molecule has 0 spiro atoms. The Labute approximate surface area is 542 Å². The minimum Gasteiger partial charge on any atom is -0.462 e. The third-order valence-corrected chi connectivity index (χ3v) is 18.1. The first-order chi connectivity index (χ1) is 43.4. The average molecular weight is 1310 g/mol. The predicted octanol–water partition coefficient (Wildman–Crippen LogP) is 11.8. The fraction of sp³-hybridized carbons (Fsp3) is 0.941. The van der Waals surface area contributed by atoms with Gasteiger partial charge in [-0.3, -0.25) is 23.7 Å². The molecular formula is C68H129N2O19P. The molecule has 2 aliphatic rings. The molecule has 2 aliphatic heterocycles. The van der Waals surface area contributed by atoms with E-state index in [-0.39, 0.29) is 19.3 Å². The van der Waals surface area contributed by atoms with Crippen molar-refractivity contribution in [3.05, 3.63) is 0 Å². The first kappa shape index (κ1) is 83.7. The number of hydrogen-bond acceptors (Lipinski definition) is 17. The number of carbonyl (C=O) groups excluding carboxylic acids is 4. The smallest absolute Gasteiger partial charge is 0.462 e. The second-order valence-corrected chi connectivity index (χ2v) is 27.2. The first-order valence-corrected chi connectivity index (χ1v) is 37.6. The molecule has 0 saturated carbocycles. The quantitative estimate of drug-likeness (QED) is 0.0154. The van der Waals surface area contributed by atoms with Crippen molar-refractivity contribution in [2.24, 2.45) is 0 Å². The number of carbonyl (C=O) groups is 4. The second kappa shape index (κ2) is 52.9. The number of ether oxygens (including phenoxy) is 5. The second-order valence-electron chi connectivity index (χ2n) is 26.0. The molecule has 2 fully saturated rings. The van der Waals surface area contributed by atoms with Gasteiger partial charge < -0.3 is 74.7 Å². The van der Waals surface area contributed by atoms with E-state index >= 15 is 0 Å². The maximum atomic E-state index is 14.2. The minimum absolute atomic E-state index is 0.169. The summed E-state index contributed by atoms with van der Waals surface area (Å²) in [6, 6.07) is -3.28. The van der Waals surface area contributed by atoms with Gasteiger partial charge in [-0.05, 0) is 32.1 Å². The van der Waals surface area contributed by atoms with E-state index in [2.05, 4.69) is 38.3 Å². The summed E-state index contributed by atoms with van der Waals surface area (Å²) in [6.07, 6.45) is 23.2. The molecular weight excluding hydrogens is 1180 g/mol. The fourth-order valence-corrected chi connectivity index (χ4v) is 12.7. The maximum absolute atomic E-state index is 14.2. The summed E-state index contributed by atoms with van der Waals surface area (Å²) in [4.78, 5) is 74.3. The number of rotatable bonds is 58. The molecule has 2 rings (SSSR count). The molecule has 0 aromatic rings. The van der Waals surface area contributed by atoms with Gasteiger partial charge in [0.25, 0.3) is 0 Å². The highest BCUT2D eigenvalue weighted by molar-refractivity contribution is 7.46. The van der Waals surface area contributed by atoms with E-state index in [9.17, 15) is 64.2 Å². The van der Waals surface area contributed by atoms with E-state index in [1.54, 1.807) is 0 Å². The van der Waals surface area contributed by atoms with E-state index in [1.165, 1.54) is 103 Å². The van der Waals surface area contributed by atoms with Crippen LogP contribution in [0, 0.1) is 0 Å². The molecule has 530 valence electrons. The van der Waals surface area contributed by atoms with Gasteiger partial charge in [-0.25, -0.2) is 4.57 Å². The zero-order valence-corrected chi connectivity index (χ0v) is 57.1. The standard InChI is InChI=1S/C68H129N2O19P/c1-5-9-13-17-21-25-26-30-34-38-42-46-59(76)85-54(45-41-37-33-29-24-20-16-12-8-4)49-58(75)69-61-64(79)65(89-90(81,82)83)55(50-71)87-68(61)84-51-56-63(78)66(88-60(77)48-53(73)44-40-36-32-28-23-19-15-11-7-3)62(67(80)86-56)70-57(74)47-52(72)43-39-35-31-27-22-18-14-10-6-2/h52-56,61-68,71-73,78-80H,5-51H2,1-4H3,(H,69,75)(H,70,74)(H2,81,82,83)/t52-,53-,54-,55?,56?,61+,62?,63-,64?,65-,66-,67+,68-/m1/s1. The van der Waals surface area contributed by atoms with Crippen molar-refractivity contribution >= 4 is 31.6 Å². The van der Waals surface area contributed by atoms with Crippen LogP contribution < -0.4 is 10.6 Å². The summed E-state index contributed by atoms with van der Waals surface area (Å²) in [5.74, 6) is -2.88. The summed E-state index contributed by atoms with van der Waals surface area (Å²) < 4.78 is 46.6. The lowest BCUT2D eigenvalue weighted by Crippen LogP contribution is -2.67. The molecule has 90 heavy (non-hydrogen) atoms. The summed E-state index contributed by atoms with van der Waals surface area (Å²) >= 11 is 0. The van der Waals surface area contributed by atoms with Crippen molar-refractivity contribution in [2.45, 2.75) is 396 Å². The van der Waals surface area contributed by atoms with Gasteiger partial charge in [0.2, 0.25) is 11.8 Å². The molecule has 0 radical (unpaired) electrons. The van der Waals surface area contributed by atoms with Gasteiger partial charge in [0.15, 0.2) is 18.7 Å². The molecule has 0 aromatic carbocycles. The van der Waals surface area contributed by atoms with E-state index in [0.717, 1.165) is 116 Å². The van der Waals surface area contributed by atoms with Crippen molar-refractivity contribution < 1.29 is 92.4 Å². The van der Waals surface area contributed by atoms with E-state index < -0.39 is 131 Å². The molecule has 0 bridgehead atoms. The van der Waals surface area contributed by atoms with E-state index in [0.29, 0.717) is 44.9 Å². The third kappa shape index (κ3) is 40.1. The van der Waals surface area contributed by atoms with Crippen LogP contribution >= 0.6 is 7.82 Å². The molecule has 13 atom stereocenters. The lowest BCUT2D eigenvalue weighted by atomic mass is 9.95. The molecule has 2 heterocycles. The Morgan fingerprint density at radius 3 is 1.31 bits per heavy atom. The van der Waals surface area contributed by atoms with Crippen LogP contribution in [0.25, 0.3) is 0 Å². The van der Waals surface area contributed by atoms with Crippen LogP contribution in [0.5, 0.6) is 0 Å². The zero-order valence-electron chi connectivity index (χ0n) is 56.3. The predicted molar refractivity (Wildman–Crippen MR) is 348 cm³/mol. The molecule has 4 unspecified atom stereocenters. The van der Waals surface area contributed by atoms with Crippen LogP contribution in [0.2, 0.25) is 0 Å². The van der Waals surface area contributed by atoms with Crippen LogP contribution in [-0.4, -0.2) is 157 Å². The van der Waals surface area contributed by atoms with Gasteiger partial charge in [0, 0.05) is 6.42 Å². The van der Waals surface area contributed by atoms with Gasteiger partial charge in [-0.15, -0.1) is 0 Å². The van der Waals surface area contributed by atoms with Crippen LogP contribution in [-0.2, 0) is 52.0 Å². The number of nitrogens with one attached hydrogen (secondary N) is 2. The monoisotopic (exact) mass is 1310 g/mol. The van der Waals surface area contributed by atoms with Crippen LogP contribution in [0.1, 0.15) is 317 Å². The van der Waals surface area contributed by atoms with Crippen molar-refractivity contribution in [3.8, 4) is 0 Å². The minimum atomic E-state index is -5.37. The average Bonchev–Trinajstić information content (AvgIpc) is 0.879. The number of esters is 2. The fourth-order valence-electron chi connectivity index (χ4n) is 12.2. The summed E-state index contributed by atoms with van der Waals surface area (Å²) in [6.45, 7) is 7.03. The zero-order chi connectivity index (χ0) is 66.2. The number of amides is 2. The Hall–Kier alpha value is -2.37. The SMILES string of the molecule is CCCCCCCCCCCCCC(=O)O[C@H](CCCCCCCCCCC)CC(=O)N[C@H]1C(O)[C@H](OP(=O)(O)O)C(CO)O[C@H]1OCC1O[C@H](O)C(NC(=O)C[C@H](O)CCCCCCCCCCC)[C@@H](OC(=O)C[C@H](O)CCCCCCCCCCC)[C@@H]1O. The van der Waals surface area contributed by atoms with Gasteiger partial charge in [-0.2, -0.15) is 0 Å². The molecule has 2 saturated heterocycles. The molecule has 0 aliphatic carbocycles. The Morgan fingerprint density at radius 2 is 0.867 bits per heavy atom. The van der Waals surface area contributed by atoms with Gasteiger partial charge in [0.05, 0.1) is 44.7 Å². The summed E-state index contributed by atoms with van der Waals surface area (Å²) in [5.41, 5.74) is 0. The highest BCUT2D eigenvalue weighted by Gasteiger charge is 2.52. The topological polar surface area (TPSA) is 327 Å². The number of aliphatic hydroxyl groups excluding tert-OH is 6. The maximum Gasteiger partial charge on any atom is 0.470 e. The van der Waals surface area contributed by atoms with Crippen LogP contribution in [0.15, 0.2) is 0 Å². The van der Waals surface area contributed by atoms with Crippen molar-refractivity contribution in [2.75, 3.05) is 13.2 Å². The number of hydrogen-bond donors (Lipinski definition) is 10. The lowest BCUT2D eigenvalue weighted by Gasteiger charge is -2.45. The molecule has 21 nitrogen and oxygen atoms in total. The van der Waals surface area contributed by atoms with Crippen molar-refractivity contribution in [1.29, 1.82) is 0 Å². The van der Waals surface area contributed by atoms with Crippen molar-refractivity contribution in [3.63, 3.8) is 0 Å². The van der Waals surface area contributed by atoms with Crippen LogP contribution in [0.3, 0.4) is 0 Å². The molecule has 0 aromatic heterocycles. The Balaban J connectivity index is 2.30. The normalized spacial score (nSPS) is 23.1. The Morgan fingerprint density at radius 1 is 0.467 bits per heavy atom. The molecule has 22 heteroatoms. The summed E-state index contributed by atoms with van der Waals surface area (Å²) in [7, 11) is -5.37. The largest absolute Gasteiger partial charge is 0.470 e. The van der Waals surface area contributed by atoms with Gasteiger partial charge >= 0.3 is 19.8 Å². The lowest BCUT2D eigenvalue weighted by molar-refractivity contribution is -0.297. The van der Waals surface area contributed by atoms with E-state index in [1.807, 2.05) is 0 Å². The third-order valence-electron chi connectivity index (χ3n) is 17.6. The van der Waals surface area contributed by atoms with Crippen LogP contribution in [0.4, 0.5) is 0 Å². The highest BCUT2D eigenvalue weighted by Crippen LogP contribution is 2.42. The molecule has 10 N–H and O–H groups in total. The number of aliphatic hydroxyl groups is 6. The number of phosphoric acid groups is 1. The Kier molecular flexibility index (Phi) is 49.2. The van der Waals surface area contributed by atoms with E-state index in [4.69, 9.17) is 28.2 Å². The number of phosphoric ester groups is 1. The first-order valence-electron chi connectivity index (χ1n) is 36.0. The van der Waals surface area contributed by atoms with Gasteiger partial charge in [0.1, 0.15) is 48.7 Å². The Bertz CT molecular complexity index is 1850. The van der Waals surface area contributed by atoms with Crippen molar-refractivity contribution in [1.82, 2.24) is 10.6 Å². The highest BCUT2D eigenvalue weighted by atomic mass is 31.2.